The molecule has 22 heavy (non-hydrogen) atoms. The van der Waals surface area contributed by atoms with Crippen molar-refractivity contribution in [3.8, 4) is 0 Å². The molecule has 7 heteroatoms. The lowest BCUT2D eigenvalue weighted by Gasteiger charge is -2.23. The number of ether oxygens (including phenoxy) is 1. The summed E-state index contributed by atoms with van der Waals surface area (Å²) in [5.41, 5.74) is 0. The maximum absolute atomic E-state index is 13.7. The van der Waals surface area contributed by atoms with E-state index >= 15 is 0 Å². The lowest BCUT2D eigenvalue weighted by molar-refractivity contribution is 0.159. The number of rotatable bonds is 7. The fraction of sp³-hybridized carbons (Fsp3) is 0.733. The van der Waals surface area contributed by atoms with E-state index in [-0.39, 0.29) is 0 Å². The van der Waals surface area contributed by atoms with Crippen LogP contribution in [0.3, 0.4) is 0 Å². The van der Waals surface area contributed by atoms with Crippen LogP contribution in [0.15, 0.2) is 6.20 Å². The Balaban J connectivity index is 1.92. The van der Waals surface area contributed by atoms with Crippen molar-refractivity contribution in [2.45, 2.75) is 6.42 Å². The monoisotopic (exact) mass is 311 g/mol. The second kappa shape index (κ2) is 7.69. The van der Waals surface area contributed by atoms with Gasteiger partial charge in [0, 0.05) is 47.9 Å². The van der Waals surface area contributed by atoms with Gasteiger partial charge in [-0.15, -0.1) is 0 Å². The Bertz CT molecular complexity index is 485. The molecule has 0 aliphatic carbocycles. The molecule has 2 rings (SSSR count). The Hall–Kier alpha value is -1.47. The van der Waals surface area contributed by atoms with Gasteiger partial charge in [-0.05, 0) is 18.9 Å². The van der Waals surface area contributed by atoms with Crippen LogP contribution in [0.1, 0.15) is 6.42 Å². The molecule has 1 saturated heterocycles. The number of anilines is 2. The summed E-state index contributed by atoms with van der Waals surface area (Å²) in [6.45, 7) is 4.80. The van der Waals surface area contributed by atoms with Gasteiger partial charge >= 0.3 is 0 Å². The molecule has 1 aliphatic rings. The minimum atomic E-state index is -0.395. The van der Waals surface area contributed by atoms with Crippen LogP contribution >= 0.6 is 0 Å². The molecule has 1 aliphatic heterocycles. The van der Waals surface area contributed by atoms with Gasteiger partial charge in [-0.3, -0.25) is 0 Å². The predicted octanol–water partition coefficient (Wildman–Crippen LogP) is 1.09. The van der Waals surface area contributed by atoms with Gasteiger partial charge in [-0.25, -0.2) is 9.37 Å². The van der Waals surface area contributed by atoms with Crippen molar-refractivity contribution in [2.75, 3.05) is 70.8 Å². The van der Waals surface area contributed by atoms with E-state index in [1.54, 1.807) is 26.1 Å². The van der Waals surface area contributed by atoms with Crippen molar-refractivity contribution in [3.63, 3.8) is 0 Å². The Morgan fingerprint density at radius 1 is 1.41 bits per heavy atom. The highest BCUT2D eigenvalue weighted by Crippen LogP contribution is 2.20. The maximum Gasteiger partial charge on any atom is 0.227 e. The topological polar surface area (TPSA) is 44.7 Å². The van der Waals surface area contributed by atoms with Gasteiger partial charge in [0.1, 0.15) is 0 Å². The van der Waals surface area contributed by atoms with Gasteiger partial charge in [0.25, 0.3) is 0 Å². The highest BCUT2D eigenvalue weighted by Gasteiger charge is 2.24. The van der Waals surface area contributed by atoms with Crippen LogP contribution in [-0.2, 0) is 4.74 Å². The Labute approximate surface area is 131 Å². The molecule has 0 aromatic carbocycles. The molecule has 0 bridgehead atoms. The van der Waals surface area contributed by atoms with Gasteiger partial charge < -0.3 is 19.4 Å². The third kappa shape index (κ3) is 4.27. The number of hydrogen-bond donors (Lipinski definition) is 0. The molecule has 0 N–H and O–H groups in total. The lowest BCUT2D eigenvalue weighted by Crippen LogP contribution is -2.30. The van der Waals surface area contributed by atoms with Crippen molar-refractivity contribution in [1.82, 2.24) is 14.9 Å². The zero-order valence-corrected chi connectivity index (χ0v) is 13.9. The summed E-state index contributed by atoms with van der Waals surface area (Å²) >= 11 is 0. The number of methoxy groups -OCH3 is 1. The largest absolute Gasteiger partial charge is 0.383 e. The van der Waals surface area contributed by atoms with Crippen LogP contribution in [-0.4, -0.2) is 75.9 Å². The summed E-state index contributed by atoms with van der Waals surface area (Å²) in [5.74, 6) is 1.08. The van der Waals surface area contributed by atoms with Crippen LogP contribution in [0.2, 0.25) is 0 Å². The van der Waals surface area contributed by atoms with E-state index in [4.69, 9.17) is 4.74 Å². The molecule has 0 amide bonds. The zero-order valence-electron chi connectivity index (χ0n) is 13.9. The van der Waals surface area contributed by atoms with Crippen LogP contribution in [0.25, 0.3) is 0 Å². The zero-order chi connectivity index (χ0) is 16.1. The van der Waals surface area contributed by atoms with Gasteiger partial charge in [-0.1, -0.05) is 0 Å². The number of hydrogen-bond acceptors (Lipinski definition) is 6. The molecule has 1 aromatic heterocycles. The highest BCUT2D eigenvalue weighted by atomic mass is 19.1. The summed E-state index contributed by atoms with van der Waals surface area (Å²) in [6, 6.07) is 0. The standard InChI is InChI=1S/C15H26FN5O/c1-19(2)14-13(16)9-17-15(18-14)20(3)10-12-5-6-21(11-12)7-8-22-4/h9,12H,5-8,10-11H2,1-4H3/t12-/m1/s1. The first-order valence-electron chi connectivity index (χ1n) is 7.63. The normalized spacial score (nSPS) is 18.7. The van der Waals surface area contributed by atoms with Crippen LogP contribution in [0.5, 0.6) is 0 Å². The fourth-order valence-electron chi connectivity index (χ4n) is 2.80. The number of halogens is 1. The molecule has 0 unspecified atom stereocenters. The fourth-order valence-corrected chi connectivity index (χ4v) is 2.80. The summed E-state index contributed by atoms with van der Waals surface area (Å²) < 4.78 is 18.8. The van der Waals surface area contributed by atoms with Gasteiger partial charge in [0.05, 0.1) is 12.8 Å². The molecule has 0 radical (unpaired) electrons. The number of aromatic nitrogens is 2. The third-order valence-corrected chi connectivity index (χ3v) is 3.99. The minimum Gasteiger partial charge on any atom is -0.383 e. The SMILES string of the molecule is COCCN1CC[C@H](CN(C)c2ncc(F)c(N(C)C)n2)C1. The quantitative estimate of drug-likeness (QED) is 0.751. The smallest absolute Gasteiger partial charge is 0.227 e. The molecule has 124 valence electrons. The van der Waals surface area contributed by atoms with Gasteiger partial charge in [-0.2, -0.15) is 4.98 Å². The van der Waals surface area contributed by atoms with Gasteiger partial charge in [0.15, 0.2) is 11.6 Å². The Kier molecular flexibility index (Phi) is 5.90. The lowest BCUT2D eigenvalue weighted by atomic mass is 10.1. The second-order valence-electron chi connectivity index (χ2n) is 6.06. The van der Waals surface area contributed by atoms with Crippen molar-refractivity contribution >= 4 is 11.8 Å². The van der Waals surface area contributed by atoms with E-state index < -0.39 is 5.82 Å². The van der Waals surface area contributed by atoms with E-state index in [0.717, 1.165) is 39.2 Å². The summed E-state index contributed by atoms with van der Waals surface area (Å²) in [6.07, 6.45) is 2.41. The van der Waals surface area contributed by atoms with Gasteiger partial charge in [0.2, 0.25) is 5.95 Å². The number of nitrogens with zero attached hydrogens (tertiary/aromatic N) is 5. The van der Waals surface area contributed by atoms with E-state index in [1.807, 2.05) is 11.9 Å². The number of likely N-dealkylation sites (tertiary alicyclic amines) is 1. The molecule has 1 aromatic rings. The van der Waals surface area contributed by atoms with Crippen molar-refractivity contribution < 1.29 is 9.13 Å². The first-order valence-corrected chi connectivity index (χ1v) is 7.63. The average Bonchev–Trinajstić information content (AvgIpc) is 2.92. The van der Waals surface area contributed by atoms with Crippen molar-refractivity contribution in [1.29, 1.82) is 0 Å². The van der Waals surface area contributed by atoms with E-state index in [9.17, 15) is 4.39 Å². The molecule has 1 atom stereocenters. The first kappa shape index (κ1) is 16.9. The van der Waals surface area contributed by atoms with Crippen LogP contribution < -0.4 is 9.80 Å². The molecular weight excluding hydrogens is 285 g/mol. The van der Waals surface area contributed by atoms with Crippen LogP contribution in [0, 0.1) is 11.7 Å². The van der Waals surface area contributed by atoms with E-state index in [1.165, 1.54) is 6.20 Å². The summed E-state index contributed by atoms with van der Waals surface area (Å²) in [5, 5.41) is 0. The second-order valence-corrected chi connectivity index (χ2v) is 6.06. The van der Waals surface area contributed by atoms with Crippen molar-refractivity contribution in [3.05, 3.63) is 12.0 Å². The predicted molar refractivity (Wildman–Crippen MR) is 86.0 cm³/mol. The highest BCUT2D eigenvalue weighted by molar-refractivity contribution is 5.43. The maximum atomic E-state index is 13.7. The summed E-state index contributed by atoms with van der Waals surface area (Å²) in [7, 11) is 7.25. The molecule has 6 nitrogen and oxygen atoms in total. The van der Waals surface area contributed by atoms with Crippen molar-refractivity contribution in [2.24, 2.45) is 5.92 Å². The third-order valence-electron chi connectivity index (χ3n) is 3.99. The van der Waals surface area contributed by atoms with E-state index in [0.29, 0.717) is 17.7 Å². The minimum absolute atomic E-state index is 0.324. The molecule has 0 spiro atoms. The Morgan fingerprint density at radius 2 is 2.18 bits per heavy atom. The average molecular weight is 311 g/mol. The van der Waals surface area contributed by atoms with E-state index in [2.05, 4.69) is 14.9 Å². The Morgan fingerprint density at radius 3 is 2.86 bits per heavy atom. The molecule has 1 fully saturated rings. The first-order chi connectivity index (χ1) is 10.5. The molecule has 0 saturated carbocycles. The van der Waals surface area contributed by atoms with Crippen LogP contribution in [0.4, 0.5) is 16.2 Å². The molecular formula is C15H26FN5O. The molecule has 2 heterocycles. The summed E-state index contributed by atoms with van der Waals surface area (Å²) in [4.78, 5) is 14.5.